The van der Waals surface area contributed by atoms with Crippen molar-refractivity contribution in [1.29, 1.82) is 0 Å². The number of hydrogen-bond donors (Lipinski definition) is 2. The number of aryl methyl sites for hydroxylation is 1. The Labute approximate surface area is 82.8 Å². The molecule has 2 heterocycles. The van der Waals surface area contributed by atoms with E-state index >= 15 is 0 Å². The molecule has 0 unspecified atom stereocenters. The first kappa shape index (κ1) is 9.02. The van der Waals surface area contributed by atoms with Gasteiger partial charge in [0, 0.05) is 25.0 Å². The van der Waals surface area contributed by atoms with Crippen molar-refractivity contribution in [3.63, 3.8) is 0 Å². The maximum absolute atomic E-state index is 5.60. The fourth-order valence-corrected chi connectivity index (χ4v) is 1.75. The van der Waals surface area contributed by atoms with Gasteiger partial charge in [0.1, 0.15) is 5.82 Å². The lowest BCUT2D eigenvalue weighted by Crippen LogP contribution is -2.05. The Kier molecular flexibility index (Phi) is 2.13. The van der Waals surface area contributed by atoms with Crippen LogP contribution in [0.15, 0.2) is 18.5 Å². The molecule has 0 saturated heterocycles. The average molecular weight is 190 g/mol. The quantitative estimate of drug-likeness (QED) is 0.747. The summed E-state index contributed by atoms with van der Waals surface area (Å²) in [5.41, 5.74) is 8.90. The molecule has 0 atom stereocenters. The van der Waals surface area contributed by atoms with Crippen molar-refractivity contribution in [3.05, 3.63) is 30.0 Å². The van der Waals surface area contributed by atoms with Crippen LogP contribution in [-0.4, -0.2) is 14.5 Å². The van der Waals surface area contributed by atoms with Crippen LogP contribution in [0.25, 0.3) is 11.3 Å². The summed E-state index contributed by atoms with van der Waals surface area (Å²) in [7, 11) is 1.99. The second-order valence-electron chi connectivity index (χ2n) is 3.32. The lowest BCUT2D eigenvalue weighted by molar-refractivity contribution is 0.798. The number of nitrogens with zero attached hydrogens (tertiary/aromatic N) is 2. The van der Waals surface area contributed by atoms with Gasteiger partial charge in [-0.25, -0.2) is 4.98 Å². The Balaban J connectivity index is 2.58. The molecule has 0 spiro atoms. The van der Waals surface area contributed by atoms with Gasteiger partial charge >= 0.3 is 0 Å². The molecule has 0 aromatic carbocycles. The smallest absolute Gasteiger partial charge is 0.122 e. The van der Waals surface area contributed by atoms with E-state index in [1.54, 1.807) is 0 Å². The Hall–Kier alpha value is -1.55. The maximum atomic E-state index is 5.60. The summed E-state index contributed by atoms with van der Waals surface area (Å²) in [4.78, 5) is 7.45. The maximum Gasteiger partial charge on any atom is 0.122 e. The molecule has 0 saturated carbocycles. The van der Waals surface area contributed by atoms with Crippen molar-refractivity contribution in [2.45, 2.75) is 13.5 Å². The largest absolute Gasteiger partial charge is 0.367 e. The number of rotatable bonds is 2. The van der Waals surface area contributed by atoms with Crippen LogP contribution < -0.4 is 5.73 Å². The first-order valence-electron chi connectivity index (χ1n) is 4.59. The van der Waals surface area contributed by atoms with Crippen LogP contribution in [0, 0.1) is 6.92 Å². The third kappa shape index (κ3) is 1.24. The molecule has 14 heavy (non-hydrogen) atoms. The van der Waals surface area contributed by atoms with E-state index < -0.39 is 0 Å². The van der Waals surface area contributed by atoms with Gasteiger partial charge in [-0.05, 0) is 13.0 Å². The van der Waals surface area contributed by atoms with Crippen molar-refractivity contribution in [1.82, 2.24) is 14.5 Å². The van der Waals surface area contributed by atoms with E-state index in [1.165, 1.54) is 0 Å². The fourth-order valence-electron chi connectivity index (χ4n) is 1.75. The van der Waals surface area contributed by atoms with Crippen LogP contribution >= 0.6 is 0 Å². The van der Waals surface area contributed by atoms with E-state index in [9.17, 15) is 0 Å². The molecule has 0 aliphatic rings. The molecular weight excluding hydrogens is 176 g/mol. The monoisotopic (exact) mass is 190 g/mol. The molecule has 4 heteroatoms. The molecule has 4 nitrogen and oxygen atoms in total. The summed E-state index contributed by atoms with van der Waals surface area (Å²) in [6, 6.07) is 2.03. The molecule has 74 valence electrons. The molecule has 0 bridgehead atoms. The van der Waals surface area contributed by atoms with Gasteiger partial charge < -0.3 is 15.3 Å². The number of imidazole rings is 1. The van der Waals surface area contributed by atoms with Crippen LogP contribution in [0.4, 0.5) is 0 Å². The second-order valence-corrected chi connectivity index (χ2v) is 3.32. The summed E-state index contributed by atoms with van der Waals surface area (Å²) in [5.74, 6) is 0.915. The van der Waals surface area contributed by atoms with Crippen LogP contribution in [0.1, 0.15) is 11.5 Å². The number of aromatic amines is 1. The van der Waals surface area contributed by atoms with Crippen molar-refractivity contribution < 1.29 is 0 Å². The molecule has 0 amide bonds. The molecule has 2 aromatic heterocycles. The zero-order valence-corrected chi connectivity index (χ0v) is 8.41. The summed E-state index contributed by atoms with van der Waals surface area (Å²) >= 11 is 0. The highest BCUT2D eigenvalue weighted by Gasteiger charge is 2.11. The third-order valence-electron chi connectivity index (χ3n) is 2.42. The molecule has 3 N–H and O–H groups in total. The molecule has 0 aliphatic carbocycles. The summed E-state index contributed by atoms with van der Waals surface area (Å²) in [6.45, 7) is 2.48. The van der Waals surface area contributed by atoms with Crippen LogP contribution in [0.3, 0.4) is 0 Å². The Morgan fingerprint density at radius 3 is 2.86 bits per heavy atom. The molecular formula is C10H14N4. The Morgan fingerprint density at radius 2 is 2.36 bits per heavy atom. The van der Waals surface area contributed by atoms with E-state index in [-0.39, 0.29) is 0 Å². The zero-order chi connectivity index (χ0) is 10.1. The minimum Gasteiger partial charge on any atom is -0.367 e. The van der Waals surface area contributed by atoms with Crippen molar-refractivity contribution in [3.8, 4) is 11.3 Å². The number of hydrogen-bond acceptors (Lipinski definition) is 2. The molecule has 2 aromatic rings. The molecule has 0 radical (unpaired) electrons. The van der Waals surface area contributed by atoms with Gasteiger partial charge in [0.05, 0.1) is 17.9 Å². The lowest BCUT2D eigenvalue weighted by Gasteiger charge is -2.02. The number of H-pyrrole nitrogens is 1. The van der Waals surface area contributed by atoms with Gasteiger partial charge in [0.2, 0.25) is 0 Å². The predicted molar refractivity (Wildman–Crippen MR) is 55.6 cm³/mol. The number of nitrogens with two attached hydrogens (primary N) is 1. The van der Waals surface area contributed by atoms with Gasteiger partial charge in [0.15, 0.2) is 0 Å². The van der Waals surface area contributed by atoms with E-state index in [0.717, 1.165) is 22.8 Å². The van der Waals surface area contributed by atoms with Gasteiger partial charge in [-0.3, -0.25) is 0 Å². The fraction of sp³-hybridized carbons (Fsp3) is 0.300. The van der Waals surface area contributed by atoms with Crippen LogP contribution in [-0.2, 0) is 13.6 Å². The zero-order valence-electron chi connectivity index (χ0n) is 8.41. The highest BCUT2D eigenvalue weighted by atomic mass is 15.1. The third-order valence-corrected chi connectivity index (χ3v) is 2.42. The van der Waals surface area contributed by atoms with Gasteiger partial charge in [0.25, 0.3) is 0 Å². The van der Waals surface area contributed by atoms with Crippen molar-refractivity contribution in [2.75, 3.05) is 0 Å². The first-order valence-corrected chi connectivity index (χ1v) is 4.59. The minimum absolute atomic E-state index is 0.474. The first-order chi connectivity index (χ1) is 6.74. The van der Waals surface area contributed by atoms with E-state index in [2.05, 4.69) is 9.97 Å². The van der Waals surface area contributed by atoms with Crippen molar-refractivity contribution >= 4 is 0 Å². The summed E-state index contributed by atoms with van der Waals surface area (Å²) < 4.78 is 2.04. The summed E-state index contributed by atoms with van der Waals surface area (Å²) in [6.07, 6.45) is 3.87. The lowest BCUT2D eigenvalue weighted by atomic mass is 10.2. The number of nitrogens with one attached hydrogen (secondary N) is 1. The van der Waals surface area contributed by atoms with Crippen LogP contribution in [0.2, 0.25) is 0 Å². The van der Waals surface area contributed by atoms with Gasteiger partial charge in [-0.15, -0.1) is 0 Å². The average Bonchev–Trinajstić information content (AvgIpc) is 2.74. The summed E-state index contributed by atoms with van der Waals surface area (Å²) in [5, 5.41) is 0. The topological polar surface area (TPSA) is 59.6 Å². The molecule has 2 rings (SSSR count). The highest BCUT2D eigenvalue weighted by molar-refractivity contribution is 5.61. The SMILES string of the molecule is Cc1nc(CN)n(C)c1-c1cc[nH]c1. The second kappa shape index (κ2) is 3.31. The van der Waals surface area contributed by atoms with E-state index in [0.29, 0.717) is 6.54 Å². The highest BCUT2D eigenvalue weighted by Crippen LogP contribution is 2.22. The molecule has 0 fully saturated rings. The standard InChI is InChI=1S/C10H14N4/c1-7-10(8-3-4-12-6-8)14(2)9(5-11)13-7/h3-4,6,12H,5,11H2,1-2H3. The Morgan fingerprint density at radius 1 is 1.57 bits per heavy atom. The Bertz CT molecular complexity index is 425. The predicted octanol–water partition coefficient (Wildman–Crippen LogP) is 1.18. The minimum atomic E-state index is 0.474. The van der Waals surface area contributed by atoms with E-state index in [1.807, 2.05) is 37.0 Å². The number of aromatic nitrogens is 3. The molecule has 0 aliphatic heterocycles. The van der Waals surface area contributed by atoms with Gasteiger partial charge in [-0.1, -0.05) is 0 Å². The normalized spacial score (nSPS) is 10.8. The van der Waals surface area contributed by atoms with Gasteiger partial charge in [-0.2, -0.15) is 0 Å². The van der Waals surface area contributed by atoms with Crippen molar-refractivity contribution in [2.24, 2.45) is 12.8 Å². The van der Waals surface area contributed by atoms with Crippen LogP contribution in [0.5, 0.6) is 0 Å². The van der Waals surface area contributed by atoms with E-state index in [4.69, 9.17) is 5.73 Å².